The molecule has 1 aliphatic rings. The molecule has 5 rings (SSSR count). The van der Waals surface area contributed by atoms with Gasteiger partial charge in [0.15, 0.2) is 0 Å². The van der Waals surface area contributed by atoms with Crippen LogP contribution in [0.2, 0.25) is 0 Å². The summed E-state index contributed by atoms with van der Waals surface area (Å²) in [6, 6.07) is 26.3. The van der Waals surface area contributed by atoms with E-state index in [0.717, 1.165) is 57.6 Å². The summed E-state index contributed by atoms with van der Waals surface area (Å²) >= 11 is 7.35. The molecule has 0 N–H and O–H groups in total. The van der Waals surface area contributed by atoms with Gasteiger partial charge in [-0.2, -0.15) is 0 Å². The molecule has 5 heteroatoms. The fraction of sp³-hybridized carbons (Fsp3) is 0.343. The molecule has 0 aliphatic heterocycles. The van der Waals surface area contributed by atoms with Crippen LogP contribution in [0.15, 0.2) is 87.3 Å². The molecule has 2 unspecified atom stereocenters. The summed E-state index contributed by atoms with van der Waals surface area (Å²) in [5.41, 5.74) is 7.53. The SMILES string of the molecule is COc1nc2ccc(Br)cc2cc1C(c1ccccc1)C(C)(CCCCN(C)C)C1=Cc2ccc(Br)cc2CC1. The van der Waals surface area contributed by atoms with E-state index in [9.17, 15) is 0 Å². The van der Waals surface area contributed by atoms with Crippen molar-refractivity contribution in [2.45, 2.75) is 44.9 Å². The van der Waals surface area contributed by atoms with Gasteiger partial charge in [0.2, 0.25) is 5.88 Å². The number of rotatable bonds is 10. The van der Waals surface area contributed by atoms with Crippen molar-refractivity contribution in [3.8, 4) is 5.88 Å². The van der Waals surface area contributed by atoms with Gasteiger partial charge < -0.3 is 9.64 Å². The van der Waals surface area contributed by atoms with Gasteiger partial charge in [0.05, 0.1) is 12.6 Å². The Morgan fingerprint density at radius 2 is 1.68 bits per heavy atom. The maximum absolute atomic E-state index is 6.04. The third-order valence-corrected chi connectivity index (χ3v) is 9.41. The van der Waals surface area contributed by atoms with E-state index in [0.29, 0.717) is 5.88 Å². The number of aromatic nitrogens is 1. The van der Waals surface area contributed by atoms with Gasteiger partial charge in [0.1, 0.15) is 0 Å². The topological polar surface area (TPSA) is 25.4 Å². The number of pyridine rings is 1. The summed E-state index contributed by atoms with van der Waals surface area (Å²) in [5.74, 6) is 0.797. The Balaban J connectivity index is 1.71. The van der Waals surface area contributed by atoms with Crippen LogP contribution < -0.4 is 4.74 Å². The van der Waals surface area contributed by atoms with E-state index in [1.165, 1.54) is 28.7 Å². The maximum atomic E-state index is 6.04. The maximum Gasteiger partial charge on any atom is 0.217 e. The van der Waals surface area contributed by atoms with Crippen LogP contribution in [0.1, 0.15) is 60.8 Å². The minimum Gasteiger partial charge on any atom is -0.481 e. The Morgan fingerprint density at radius 3 is 2.42 bits per heavy atom. The number of unbranched alkanes of at least 4 members (excludes halogenated alkanes) is 1. The lowest BCUT2D eigenvalue weighted by atomic mass is 9.61. The summed E-state index contributed by atoms with van der Waals surface area (Å²) < 4.78 is 8.24. The normalized spacial score (nSPS) is 15.4. The number of benzene rings is 3. The molecule has 0 spiro atoms. The lowest BCUT2D eigenvalue weighted by molar-refractivity contribution is 0.281. The highest BCUT2D eigenvalue weighted by Crippen LogP contribution is 2.54. The molecule has 0 bridgehead atoms. The van der Waals surface area contributed by atoms with Gasteiger partial charge in [0, 0.05) is 25.8 Å². The molecule has 4 aromatic rings. The first-order chi connectivity index (χ1) is 19.3. The van der Waals surface area contributed by atoms with E-state index in [-0.39, 0.29) is 11.3 Å². The number of aryl methyl sites for hydroxylation is 1. The molecule has 208 valence electrons. The van der Waals surface area contributed by atoms with Crippen molar-refractivity contribution in [1.82, 2.24) is 9.88 Å². The number of hydrogen-bond donors (Lipinski definition) is 0. The number of fused-ring (bicyclic) bond motifs is 2. The summed E-state index contributed by atoms with van der Waals surface area (Å²) in [4.78, 5) is 7.32. The lowest BCUT2D eigenvalue weighted by Gasteiger charge is -2.43. The number of halogens is 2. The summed E-state index contributed by atoms with van der Waals surface area (Å²) in [6.07, 6.45) is 7.97. The Labute approximate surface area is 255 Å². The van der Waals surface area contributed by atoms with Gasteiger partial charge in [-0.25, -0.2) is 4.98 Å². The van der Waals surface area contributed by atoms with Gasteiger partial charge >= 0.3 is 0 Å². The van der Waals surface area contributed by atoms with Crippen LogP contribution >= 0.6 is 31.9 Å². The molecule has 3 nitrogen and oxygen atoms in total. The monoisotopic (exact) mass is 660 g/mol. The minimum absolute atomic E-state index is 0.0853. The molecule has 3 aromatic carbocycles. The van der Waals surface area contributed by atoms with Crippen LogP contribution in [-0.2, 0) is 6.42 Å². The van der Waals surface area contributed by atoms with E-state index in [4.69, 9.17) is 9.72 Å². The van der Waals surface area contributed by atoms with E-state index >= 15 is 0 Å². The number of methoxy groups -OCH3 is 1. The minimum atomic E-state index is -0.132. The zero-order valence-corrected chi connectivity index (χ0v) is 27.1. The first-order valence-corrected chi connectivity index (χ1v) is 15.7. The van der Waals surface area contributed by atoms with Crippen molar-refractivity contribution in [2.75, 3.05) is 27.7 Å². The second kappa shape index (κ2) is 12.6. The average Bonchev–Trinajstić information content (AvgIpc) is 2.95. The highest BCUT2D eigenvalue weighted by molar-refractivity contribution is 9.10. The smallest absolute Gasteiger partial charge is 0.217 e. The van der Waals surface area contributed by atoms with Crippen molar-refractivity contribution in [3.05, 3.63) is 110 Å². The first kappa shape index (κ1) is 29.0. The van der Waals surface area contributed by atoms with Gasteiger partial charge in [-0.05, 0) is 105 Å². The molecule has 0 radical (unpaired) electrons. The quantitative estimate of drug-likeness (QED) is 0.158. The Hall–Kier alpha value is -2.47. The number of hydrogen-bond acceptors (Lipinski definition) is 3. The Morgan fingerprint density at radius 1 is 0.925 bits per heavy atom. The van der Waals surface area contributed by atoms with Crippen molar-refractivity contribution in [3.63, 3.8) is 0 Å². The first-order valence-electron chi connectivity index (χ1n) is 14.1. The molecule has 0 fully saturated rings. The van der Waals surface area contributed by atoms with E-state index in [1.807, 2.05) is 6.07 Å². The van der Waals surface area contributed by atoms with E-state index in [1.54, 1.807) is 7.11 Å². The molecule has 0 saturated carbocycles. The summed E-state index contributed by atoms with van der Waals surface area (Å²) in [5, 5.41) is 1.12. The van der Waals surface area contributed by atoms with E-state index in [2.05, 4.69) is 131 Å². The largest absolute Gasteiger partial charge is 0.481 e. The van der Waals surface area contributed by atoms with Crippen molar-refractivity contribution in [2.24, 2.45) is 5.41 Å². The van der Waals surface area contributed by atoms with Crippen LogP contribution in [0.5, 0.6) is 5.88 Å². The third kappa shape index (κ3) is 6.22. The zero-order valence-electron chi connectivity index (χ0n) is 23.9. The molecule has 0 saturated heterocycles. The second-order valence-corrected chi connectivity index (χ2v) is 13.3. The molecular weight excluding hydrogens is 624 g/mol. The highest BCUT2D eigenvalue weighted by Gasteiger charge is 2.41. The molecule has 1 heterocycles. The van der Waals surface area contributed by atoms with Crippen molar-refractivity contribution >= 4 is 48.8 Å². The van der Waals surface area contributed by atoms with Crippen LogP contribution in [0.4, 0.5) is 0 Å². The summed E-state index contributed by atoms with van der Waals surface area (Å²) in [6.45, 7) is 3.58. The fourth-order valence-electron chi connectivity index (χ4n) is 6.37. The average molecular weight is 663 g/mol. The van der Waals surface area contributed by atoms with Crippen LogP contribution in [0.25, 0.3) is 17.0 Å². The number of nitrogens with zero attached hydrogens (tertiary/aromatic N) is 2. The van der Waals surface area contributed by atoms with Gasteiger partial charge in [-0.15, -0.1) is 0 Å². The number of allylic oxidation sites excluding steroid dienone is 1. The van der Waals surface area contributed by atoms with Gasteiger partial charge in [0.25, 0.3) is 0 Å². The van der Waals surface area contributed by atoms with Crippen molar-refractivity contribution < 1.29 is 4.74 Å². The van der Waals surface area contributed by atoms with Crippen LogP contribution in [0.3, 0.4) is 0 Å². The molecule has 1 aliphatic carbocycles. The standard InChI is InChI=1S/C35H38Br2N2O/c1-35(18-8-9-19-39(2)3,28-14-12-26-21-29(36)15-13-25(26)20-28)33(24-10-6-5-7-11-24)31-23-27-22-30(37)16-17-32(27)38-34(31)40-4/h5-7,10-11,13,15-17,20-23,33H,8-9,12,14,18-19H2,1-4H3. The molecule has 0 amide bonds. The zero-order chi connectivity index (χ0) is 28.3. The Bertz CT molecular complexity index is 1520. The Kier molecular flexibility index (Phi) is 9.14. The van der Waals surface area contributed by atoms with Crippen LogP contribution in [-0.4, -0.2) is 37.6 Å². The lowest BCUT2D eigenvalue weighted by Crippen LogP contribution is -2.31. The molecule has 1 aromatic heterocycles. The molecule has 2 atom stereocenters. The third-order valence-electron chi connectivity index (χ3n) is 8.43. The summed E-state index contributed by atoms with van der Waals surface area (Å²) in [7, 11) is 6.07. The van der Waals surface area contributed by atoms with Crippen LogP contribution in [0, 0.1) is 5.41 Å². The second-order valence-electron chi connectivity index (χ2n) is 11.5. The predicted molar refractivity (Wildman–Crippen MR) is 175 cm³/mol. The molecular formula is C35H38Br2N2O. The fourth-order valence-corrected chi connectivity index (χ4v) is 7.16. The number of ether oxygens (including phenoxy) is 1. The predicted octanol–water partition coefficient (Wildman–Crippen LogP) is 9.67. The van der Waals surface area contributed by atoms with Crippen molar-refractivity contribution in [1.29, 1.82) is 0 Å². The van der Waals surface area contributed by atoms with E-state index < -0.39 is 0 Å². The highest BCUT2D eigenvalue weighted by atomic mass is 79.9. The molecule has 40 heavy (non-hydrogen) atoms. The van der Waals surface area contributed by atoms with Gasteiger partial charge in [-0.1, -0.05) is 93.3 Å². The van der Waals surface area contributed by atoms with Gasteiger partial charge in [-0.3, -0.25) is 0 Å².